The van der Waals surface area contributed by atoms with Crippen LogP contribution in [0.1, 0.15) is 16.3 Å². The summed E-state index contributed by atoms with van der Waals surface area (Å²) in [5.74, 6) is -3.87. The molecule has 130 valence electrons. The molecule has 0 aliphatic rings. The van der Waals surface area contributed by atoms with Gasteiger partial charge >= 0.3 is 6.36 Å². The predicted molar refractivity (Wildman–Crippen MR) is 77.1 cm³/mol. The van der Waals surface area contributed by atoms with Crippen LogP contribution in [0.15, 0.2) is 40.8 Å². The van der Waals surface area contributed by atoms with Gasteiger partial charge in [0, 0.05) is 11.8 Å². The molecule has 2 rings (SSSR count). The highest BCUT2D eigenvalue weighted by atomic mass is 32.2. The number of furan rings is 1. The third-order valence-electron chi connectivity index (χ3n) is 2.56. The molecular formula is C14H10F5NO3S. The van der Waals surface area contributed by atoms with Crippen molar-refractivity contribution in [2.45, 2.75) is 17.9 Å². The van der Waals surface area contributed by atoms with Gasteiger partial charge in [-0.1, -0.05) is 17.8 Å². The Morgan fingerprint density at radius 3 is 2.67 bits per heavy atom. The third-order valence-corrected chi connectivity index (χ3v) is 3.27. The van der Waals surface area contributed by atoms with E-state index in [0.717, 1.165) is 12.1 Å². The lowest BCUT2D eigenvalue weighted by molar-refractivity contribution is -0.274. The van der Waals surface area contributed by atoms with Crippen LogP contribution in [0.3, 0.4) is 0 Å². The molecule has 1 aromatic carbocycles. The molecule has 0 radical (unpaired) electrons. The number of rotatable bonds is 6. The molecule has 0 aliphatic heterocycles. The van der Waals surface area contributed by atoms with Crippen LogP contribution in [0.4, 0.5) is 27.6 Å². The highest BCUT2D eigenvalue weighted by Crippen LogP contribution is 2.26. The summed E-state index contributed by atoms with van der Waals surface area (Å²) < 4.78 is 69.5. The number of benzene rings is 1. The van der Waals surface area contributed by atoms with E-state index in [1.165, 1.54) is 24.3 Å². The van der Waals surface area contributed by atoms with Crippen LogP contribution in [0.5, 0.6) is 5.75 Å². The van der Waals surface area contributed by atoms with Crippen molar-refractivity contribution in [1.29, 1.82) is 0 Å². The Labute approximate surface area is 137 Å². The van der Waals surface area contributed by atoms with Crippen LogP contribution in [-0.4, -0.2) is 18.0 Å². The van der Waals surface area contributed by atoms with E-state index in [1.54, 1.807) is 0 Å². The lowest BCUT2D eigenvalue weighted by Crippen LogP contribution is -2.17. The molecule has 0 saturated carbocycles. The monoisotopic (exact) mass is 367 g/mol. The Hall–Kier alpha value is -2.23. The summed E-state index contributed by atoms with van der Waals surface area (Å²) in [5.41, 5.74) is 0.0571. The molecule has 0 spiro atoms. The Morgan fingerprint density at radius 1 is 1.25 bits per heavy atom. The van der Waals surface area contributed by atoms with E-state index in [0.29, 0.717) is 11.8 Å². The zero-order valence-corrected chi connectivity index (χ0v) is 12.6. The van der Waals surface area contributed by atoms with Crippen molar-refractivity contribution in [3.8, 4) is 5.75 Å². The van der Waals surface area contributed by atoms with E-state index < -0.39 is 23.8 Å². The van der Waals surface area contributed by atoms with Crippen LogP contribution in [0.25, 0.3) is 0 Å². The summed E-state index contributed by atoms with van der Waals surface area (Å²) in [6.45, 7) is 0. The van der Waals surface area contributed by atoms with Crippen LogP contribution >= 0.6 is 11.8 Å². The predicted octanol–water partition coefficient (Wildman–Crippen LogP) is 4.89. The third kappa shape index (κ3) is 5.76. The number of nitrogens with one attached hydrogen (secondary N) is 1. The molecule has 2 aromatic rings. The lowest BCUT2D eigenvalue weighted by atomic mass is 10.3. The molecule has 0 unspecified atom stereocenters. The number of carbonyl (C=O) groups is 1. The number of hydrogen-bond donors (Lipinski definition) is 1. The smallest absolute Gasteiger partial charge is 0.455 e. The molecule has 4 nitrogen and oxygen atoms in total. The topological polar surface area (TPSA) is 51.5 Å². The van der Waals surface area contributed by atoms with Crippen molar-refractivity contribution in [2.24, 2.45) is 0 Å². The van der Waals surface area contributed by atoms with Crippen molar-refractivity contribution in [3.05, 3.63) is 47.9 Å². The van der Waals surface area contributed by atoms with Gasteiger partial charge in [0.25, 0.3) is 11.7 Å². The van der Waals surface area contributed by atoms with Crippen LogP contribution in [-0.2, 0) is 5.75 Å². The number of thioether (sulfide) groups is 1. The first-order chi connectivity index (χ1) is 11.2. The minimum absolute atomic E-state index is 0.0571. The standard InChI is InChI=1S/C14H10F5NO3S/c15-13(16)24-7-10-4-5-11(22-10)12(21)20-8-2-1-3-9(6-8)23-14(17,18)19/h1-6,13H,7H2,(H,20,21). The first kappa shape index (κ1) is 18.1. The SMILES string of the molecule is O=C(Nc1cccc(OC(F)(F)F)c1)c1ccc(CSC(F)F)o1. The van der Waals surface area contributed by atoms with E-state index in [2.05, 4.69) is 10.1 Å². The first-order valence-corrected chi connectivity index (χ1v) is 7.43. The van der Waals surface area contributed by atoms with Gasteiger partial charge in [-0.2, -0.15) is 8.78 Å². The largest absolute Gasteiger partial charge is 0.573 e. The van der Waals surface area contributed by atoms with Gasteiger partial charge in [0.1, 0.15) is 11.5 Å². The number of alkyl halides is 5. The Balaban J connectivity index is 2.00. The van der Waals surface area contributed by atoms with E-state index in [4.69, 9.17) is 4.42 Å². The van der Waals surface area contributed by atoms with Gasteiger partial charge in [0.2, 0.25) is 0 Å². The van der Waals surface area contributed by atoms with Crippen molar-refractivity contribution in [2.75, 3.05) is 5.32 Å². The second kappa shape index (κ2) is 7.56. The maximum Gasteiger partial charge on any atom is 0.573 e. The summed E-state index contributed by atoms with van der Waals surface area (Å²) in [6, 6.07) is 7.35. The molecule has 1 N–H and O–H groups in total. The Kier molecular flexibility index (Phi) is 5.71. The van der Waals surface area contributed by atoms with E-state index in [-0.39, 0.29) is 23.0 Å². The number of halogens is 5. The number of carbonyl (C=O) groups excluding carboxylic acids is 1. The number of anilines is 1. The molecule has 0 saturated heterocycles. The number of amides is 1. The molecule has 0 aliphatic carbocycles. The van der Waals surface area contributed by atoms with E-state index in [1.807, 2.05) is 0 Å². The summed E-state index contributed by atoms with van der Waals surface area (Å²) in [5, 5.41) is 2.33. The summed E-state index contributed by atoms with van der Waals surface area (Å²) >= 11 is 0.339. The summed E-state index contributed by atoms with van der Waals surface area (Å²) in [6.07, 6.45) is -4.85. The molecule has 0 fully saturated rings. The molecule has 0 bridgehead atoms. The van der Waals surface area contributed by atoms with Gasteiger partial charge in [0.15, 0.2) is 5.76 Å². The van der Waals surface area contributed by atoms with Gasteiger partial charge < -0.3 is 14.5 Å². The van der Waals surface area contributed by atoms with E-state index >= 15 is 0 Å². The van der Waals surface area contributed by atoms with Gasteiger partial charge in [-0.15, -0.1) is 13.2 Å². The number of hydrogen-bond acceptors (Lipinski definition) is 4. The average molecular weight is 367 g/mol. The second-order valence-electron chi connectivity index (χ2n) is 4.37. The fraction of sp³-hybridized carbons (Fsp3) is 0.214. The maximum absolute atomic E-state index is 12.2. The molecule has 10 heteroatoms. The quantitative estimate of drug-likeness (QED) is 0.739. The molecule has 1 aromatic heterocycles. The van der Waals surface area contributed by atoms with Crippen molar-refractivity contribution < 1.29 is 35.9 Å². The highest BCUT2D eigenvalue weighted by molar-refractivity contribution is 7.98. The Morgan fingerprint density at radius 2 is 2.00 bits per heavy atom. The summed E-state index contributed by atoms with van der Waals surface area (Å²) in [4.78, 5) is 11.9. The molecule has 24 heavy (non-hydrogen) atoms. The number of ether oxygens (including phenoxy) is 1. The molecule has 0 atom stereocenters. The molecular weight excluding hydrogens is 357 g/mol. The zero-order valence-electron chi connectivity index (χ0n) is 11.8. The fourth-order valence-corrected chi connectivity index (χ4v) is 2.13. The highest BCUT2D eigenvalue weighted by Gasteiger charge is 2.31. The Bertz CT molecular complexity index is 702. The minimum atomic E-state index is -4.85. The van der Waals surface area contributed by atoms with Crippen molar-refractivity contribution in [3.63, 3.8) is 0 Å². The van der Waals surface area contributed by atoms with Gasteiger partial charge in [-0.25, -0.2) is 0 Å². The van der Waals surface area contributed by atoms with E-state index in [9.17, 15) is 26.7 Å². The van der Waals surface area contributed by atoms with Gasteiger partial charge in [-0.05, 0) is 24.3 Å². The normalized spacial score (nSPS) is 11.6. The minimum Gasteiger partial charge on any atom is -0.455 e. The van der Waals surface area contributed by atoms with Gasteiger partial charge in [-0.3, -0.25) is 4.79 Å². The fourth-order valence-electron chi connectivity index (χ4n) is 1.69. The second-order valence-corrected chi connectivity index (χ2v) is 5.35. The lowest BCUT2D eigenvalue weighted by Gasteiger charge is -2.10. The van der Waals surface area contributed by atoms with Crippen molar-refractivity contribution in [1.82, 2.24) is 0 Å². The zero-order chi connectivity index (χ0) is 17.7. The van der Waals surface area contributed by atoms with Crippen LogP contribution < -0.4 is 10.1 Å². The van der Waals surface area contributed by atoms with Crippen LogP contribution in [0, 0.1) is 0 Å². The average Bonchev–Trinajstić information content (AvgIpc) is 2.92. The summed E-state index contributed by atoms with van der Waals surface area (Å²) in [7, 11) is 0. The molecule has 1 amide bonds. The molecule has 1 heterocycles. The van der Waals surface area contributed by atoms with Crippen molar-refractivity contribution >= 4 is 23.4 Å². The maximum atomic E-state index is 12.2. The van der Waals surface area contributed by atoms with Crippen LogP contribution in [0.2, 0.25) is 0 Å². The first-order valence-electron chi connectivity index (χ1n) is 6.38. The van der Waals surface area contributed by atoms with Gasteiger partial charge in [0.05, 0.1) is 5.75 Å².